The van der Waals surface area contributed by atoms with Gasteiger partial charge >= 0.3 is 0 Å². The molecule has 3 aromatic rings. The number of benzene rings is 3. The van der Waals surface area contributed by atoms with Gasteiger partial charge in [-0.25, -0.2) is 0 Å². The Morgan fingerprint density at radius 1 is 0.975 bits per heavy atom. The minimum absolute atomic E-state index is 0.105. The van der Waals surface area contributed by atoms with Gasteiger partial charge < -0.3 is 29.6 Å². The average molecular weight is 562 g/mol. The summed E-state index contributed by atoms with van der Waals surface area (Å²) in [5.74, 6) is 0.603. The lowest BCUT2D eigenvalue weighted by molar-refractivity contribution is -0.127. The third-order valence-electron chi connectivity index (χ3n) is 5.76. The summed E-state index contributed by atoms with van der Waals surface area (Å²) in [6, 6.07) is 18.6. The predicted octanol–water partition coefficient (Wildman–Crippen LogP) is 4.12. The molecule has 40 heavy (non-hydrogen) atoms. The topological polar surface area (TPSA) is 132 Å². The second kappa shape index (κ2) is 11.8. The van der Waals surface area contributed by atoms with Crippen molar-refractivity contribution in [3.63, 3.8) is 0 Å². The standard InChI is InChI=1S/C28H23N3O8S/c1-36-21-5-3-2-4-20(21)30-26(33)15-37-19-9-6-17(7-10-19)12-24-27(34)31(28(35)40-24)14-25(32)29-18-8-11-22-23(13-18)39-16-38-22/h2-13H,14-16H2,1H3,(H,29,32)(H,30,33)/b24-12-. The Labute approximate surface area is 233 Å². The molecular weight excluding hydrogens is 538 g/mol. The van der Waals surface area contributed by atoms with E-state index in [1.54, 1.807) is 72.8 Å². The van der Waals surface area contributed by atoms with E-state index in [2.05, 4.69) is 10.6 Å². The number of hydrogen-bond acceptors (Lipinski definition) is 9. The highest BCUT2D eigenvalue weighted by molar-refractivity contribution is 8.18. The molecule has 2 aliphatic heterocycles. The fourth-order valence-electron chi connectivity index (χ4n) is 3.85. The van der Waals surface area contributed by atoms with E-state index < -0.39 is 23.6 Å². The number of para-hydroxylation sites is 2. The van der Waals surface area contributed by atoms with E-state index in [-0.39, 0.29) is 24.2 Å². The number of amides is 4. The van der Waals surface area contributed by atoms with Gasteiger partial charge in [0.25, 0.3) is 17.1 Å². The summed E-state index contributed by atoms with van der Waals surface area (Å²) in [5.41, 5.74) is 1.63. The Morgan fingerprint density at radius 3 is 2.55 bits per heavy atom. The molecule has 0 bridgehead atoms. The van der Waals surface area contributed by atoms with Crippen LogP contribution in [-0.4, -0.2) is 54.9 Å². The highest BCUT2D eigenvalue weighted by atomic mass is 32.2. The molecule has 0 aliphatic carbocycles. The first kappa shape index (κ1) is 26.6. The lowest BCUT2D eigenvalue weighted by atomic mass is 10.2. The lowest BCUT2D eigenvalue weighted by Crippen LogP contribution is -2.36. The average Bonchev–Trinajstić information content (AvgIpc) is 3.52. The van der Waals surface area contributed by atoms with Crippen LogP contribution in [0.5, 0.6) is 23.0 Å². The Hall–Kier alpha value is -4.97. The maximum atomic E-state index is 12.8. The van der Waals surface area contributed by atoms with Gasteiger partial charge in [0.15, 0.2) is 18.1 Å². The van der Waals surface area contributed by atoms with Gasteiger partial charge in [0.05, 0.1) is 17.7 Å². The number of carbonyl (C=O) groups excluding carboxylic acids is 4. The Kier molecular flexibility index (Phi) is 7.87. The van der Waals surface area contributed by atoms with E-state index in [0.29, 0.717) is 39.9 Å². The van der Waals surface area contributed by atoms with Crippen LogP contribution >= 0.6 is 11.8 Å². The number of ether oxygens (including phenoxy) is 4. The summed E-state index contributed by atoms with van der Waals surface area (Å²) in [6.07, 6.45) is 1.55. The van der Waals surface area contributed by atoms with E-state index in [4.69, 9.17) is 18.9 Å². The number of anilines is 2. The number of hydrogen-bond donors (Lipinski definition) is 2. The molecule has 5 rings (SSSR count). The summed E-state index contributed by atoms with van der Waals surface area (Å²) in [6.45, 7) is -0.543. The zero-order valence-corrected chi connectivity index (χ0v) is 22.0. The van der Waals surface area contributed by atoms with E-state index >= 15 is 0 Å². The second-order valence-electron chi connectivity index (χ2n) is 8.49. The van der Waals surface area contributed by atoms with Crippen LogP contribution in [-0.2, 0) is 14.4 Å². The van der Waals surface area contributed by atoms with Crippen molar-refractivity contribution >= 4 is 52.2 Å². The maximum absolute atomic E-state index is 12.8. The van der Waals surface area contributed by atoms with Gasteiger partial charge in [-0.1, -0.05) is 24.3 Å². The molecule has 204 valence electrons. The highest BCUT2D eigenvalue weighted by Crippen LogP contribution is 2.35. The molecule has 1 fully saturated rings. The molecule has 2 heterocycles. The van der Waals surface area contributed by atoms with Crippen molar-refractivity contribution in [2.75, 3.05) is 37.7 Å². The molecule has 0 saturated carbocycles. The maximum Gasteiger partial charge on any atom is 0.294 e. The molecule has 0 atom stereocenters. The fraction of sp³-hybridized carbons (Fsp3) is 0.143. The minimum atomic E-state index is -0.566. The van der Waals surface area contributed by atoms with Crippen molar-refractivity contribution in [2.45, 2.75) is 0 Å². The molecule has 0 aromatic heterocycles. The van der Waals surface area contributed by atoms with Gasteiger partial charge in [-0.2, -0.15) is 0 Å². The molecule has 12 heteroatoms. The predicted molar refractivity (Wildman–Crippen MR) is 147 cm³/mol. The molecule has 3 aromatic carbocycles. The number of carbonyl (C=O) groups is 4. The number of thioether (sulfide) groups is 1. The van der Waals surface area contributed by atoms with Gasteiger partial charge in [0.2, 0.25) is 12.7 Å². The molecule has 0 unspecified atom stereocenters. The van der Waals surface area contributed by atoms with Gasteiger partial charge in [-0.05, 0) is 59.8 Å². The number of methoxy groups -OCH3 is 1. The van der Waals surface area contributed by atoms with E-state index in [1.165, 1.54) is 7.11 Å². The highest BCUT2D eigenvalue weighted by Gasteiger charge is 2.36. The molecule has 0 radical (unpaired) electrons. The third kappa shape index (κ3) is 6.18. The zero-order valence-electron chi connectivity index (χ0n) is 21.2. The summed E-state index contributed by atoms with van der Waals surface area (Å²) >= 11 is 0.751. The van der Waals surface area contributed by atoms with Crippen LogP contribution in [0.4, 0.5) is 16.2 Å². The second-order valence-corrected chi connectivity index (χ2v) is 9.48. The van der Waals surface area contributed by atoms with Crippen molar-refractivity contribution in [1.82, 2.24) is 4.90 Å². The van der Waals surface area contributed by atoms with Gasteiger partial charge in [-0.3, -0.25) is 24.1 Å². The summed E-state index contributed by atoms with van der Waals surface area (Å²) in [7, 11) is 1.52. The molecule has 1 saturated heterocycles. The van der Waals surface area contributed by atoms with Crippen LogP contribution in [0.2, 0.25) is 0 Å². The first-order valence-electron chi connectivity index (χ1n) is 12.0. The first-order valence-corrected chi connectivity index (χ1v) is 12.8. The Bertz CT molecular complexity index is 1510. The van der Waals surface area contributed by atoms with Crippen LogP contribution < -0.4 is 29.6 Å². The summed E-state index contributed by atoms with van der Waals surface area (Å²) < 4.78 is 21.3. The Morgan fingerprint density at radius 2 is 1.75 bits per heavy atom. The van der Waals surface area contributed by atoms with Crippen molar-refractivity contribution in [1.29, 1.82) is 0 Å². The van der Waals surface area contributed by atoms with Crippen LogP contribution in [0.1, 0.15) is 5.56 Å². The van der Waals surface area contributed by atoms with E-state index in [0.717, 1.165) is 16.7 Å². The number of nitrogens with one attached hydrogen (secondary N) is 2. The molecule has 2 N–H and O–H groups in total. The number of rotatable bonds is 9. The van der Waals surface area contributed by atoms with Crippen LogP contribution in [0.25, 0.3) is 6.08 Å². The van der Waals surface area contributed by atoms with E-state index in [1.807, 2.05) is 0 Å². The molecule has 0 spiro atoms. The smallest absolute Gasteiger partial charge is 0.294 e. The SMILES string of the molecule is COc1ccccc1NC(=O)COc1ccc(/C=C2\SC(=O)N(CC(=O)Nc3ccc4c(c3)OCO4)C2=O)cc1. The number of nitrogens with zero attached hydrogens (tertiary/aromatic N) is 1. The van der Waals surface area contributed by atoms with Crippen molar-refractivity contribution in [3.8, 4) is 23.0 Å². The number of imide groups is 1. The summed E-state index contributed by atoms with van der Waals surface area (Å²) in [5, 5.41) is 4.83. The first-order chi connectivity index (χ1) is 19.4. The van der Waals surface area contributed by atoms with Gasteiger partial charge in [0, 0.05) is 11.8 Å². The van der Waals surface area contributed by atoms with Crippen LogP contribution in [0, 0.1) is 0 Å². The van der Waals surface area contributed by atoms with Gasteiger partial charge in [-0.15, -0.1) is 0 Å². The molecule has 4 amide bonds. The Balaban J connectivity index is 1.14. The van der Waals surface area contributed by atoms with Crippen molar-refractivity contribution in [2.24, 2.45) is 0 Å². The van der Waals surface area contributed by atoms with Crippen molar-refractivity contribution < 1.29 is 38.1 Å². The monoisotopic (exact) mass is 561 g/mol. The quantitative estimate of drug-likeness (QED) is 0.370. The third-order valence-corrected chi connectivity index (χ3v) is 6.67. The fourth-order valence-corrected chi connectivity index (χ4v) is 4.69. The van der Waals surface area contributed by atoms with Crippen LogP contribution in [0.3, 0.4) is 0 Å². The number of fused-ring (bicyclic) bond motifs is 1. The van der Waals surface area contributed by atoms with Crippen molar-refractivity contribution in [3.05, 3.63) is 77.2 Å². The lowest BCUT2D eigenvalue weighted by Gasteiger charge is -2.12. The normalized spacial score (nSPS) is 14.8. The minimum Gasteiger partial charge on any atom is -0.495 e. The van der Waals surface area contributed by atoms with E-state index in [9.17, 15) is 19.2 Å². The van der Waals surface area contributed by atoms with Gasteiger partial charge in [0.1, 0.15) is 18.0 Å². The summed E-state index contributed by atoms with van der Waals surface area (Å²) in [4.78, 5) is 51.1. The molecule has 11 nitrogen and oxygen atoms in total. The largest absolute Gasteiger partial charge is 0.495 e. The zero-order chi connectivity index (χ0) is 28.1. The molecule has 2 aliphatic rings. The van der Waals surface area contributed by atoms with Crippen LogP contribution in [0.15, 0.2) is 71.6 Å². The molecular formula is C28H23N3O8S.